The SMILES string of the molecule is c1ccc(C(c2ccccc2)c2csc(C3CCCN3CC3CC3)n2)cc1. The van der Waals surface area contributed by atoms with E-state index in [1.54, 1.807) is 0 Å². The van der Waals surface area contributed by atoms with Gasteiger partial charge in [0, 0.05) is 11.9 Å². The summed E-state index contributed by atoms with van der Waals surface area (Å²) in [5, 5.41) is 3.62. The molecule has 27 heavy (non-hydrogen) atoms. The third-order valence-electron chi connectivity index (χ3n) is 5.94. The predicted molar refractivity (Wildman–Crippen MR) is 112 cm³/mol. The van der Waals surface area contributed by atoms with Crippen LogP contribution in [0.3, 0.4) is 0 Å². The minimum atomic E-state index is 0.218. The van der Waals surface area contributed by atoms with E-state index in [1.165, 1.54) is 60.6 Å². The molecule has 1 aliphatic heterocycles. The largest absolute Gasteiger partial charge is 0.294 e. The van der Waals surface area contributed by atoms with Gasteiger partial charge in [-0.1, -0.05) is 60.7 Å². The summed E-state index contributed by atoms with van der Waals surface area (Å²) in [4.78, 5) is 7.89. The molecule has 5 rings (SSSR count). The second-order valence-corrected chi connectivity index (χ2v) is 8.85. The van der Waals surface area contributed by atoms with E-state index in [4.69, 9.17) is 4.98 Å². The highest BCUT2D eigenvalue weighted by Gasteiger charge is 2.33. The maximum absolute atomic E-state index is 5.20. The topological polar surface area (TPSA) is 16.1 Å². The molecule has 1 atom stereocenters. The van der Waals surface area contributed by atoms with E-state index in [2.05, 4.69) is 70.9 Å². The van der Waals surface area contributed by atoms with Crippen LogP contribution >= 0.6 is 11.3 Å². The number of hydrogen-bond acceptors (Lipinski definition) is 3. The lowest BCUT2D eigenvalue weighted by Crippen LogP contribution is -2.25. The highest BCUT2D eigenvalue weighted by Crippen LogP contribution is 2.40. The van der Waals surface area contributed by atoms with Crippen molar-refractivity contribution in [3.63, 3.8) is 0 Å². The van der Waals surface area contributed by atoms with Gasteiger partial charge in [0.25, 0.3) is 0 Å². The Kier molecular flexibility index (Phi) is 4.81. The monoisotopic (exact) mass is 374 g/mol. The molecule has 1 aliphatic carbocycles. The van der Waals surface area contributed by atoms with Crippen LogP contribution in [0.1, 0.15) is 59.5 Å². The van der Waals surface area contributed by atoms with Crippen LogP contribution in [-0.4, -0.2) is 23.0 Å². The molecule has 2 heterocycles. The average molecular weight is 375 g/mol. The summed E-state index contributed by atoms with van der Waals surface area (Å²) in [6, 6.07) is 22.2. The molecule has 2 fully saturated rings. The Balaban J connectivity index is 1.46. The lowest BCUT2D eigenvalue weighted by atomic mass is 9.89. The van der Waals surface area contributed by atoms with E-state index in [1.807, 2.05) is 11.3 Å². The van der Waals surface area contributed by atoms with Crippen LogP contribution in [0, 0.1) is 5.92 Å². The molecule has 1 saturated carbocycles. The van der Waals surface area contributed by atoms with Gasteiger partial charge in [-0.15, -0.1) is 11.3 Å². The Bertz CT molecular complexity index is 830. The van der Waals surface area contributed by atoms with E-state index in [-0.39, 0.29) is 5.92 Å². The number of hydrogen-bond donors (Lipinski definition) is 0. The molecule has 138 valence electrons. The first kappa shape index (κ1) is 17.2. The van der Waals surface area contributed by atoms with Crippen molar-refractivity contribution in [2.75, 3.05) is 13.1 Å². The molecule has 0 bridgehead atoms. The van der Waals surface area contributed by atoms with Crippen LogP contribution in [0.15, 0.2) is 66.0 Å². The summed E-state index contributed by atoms with van der Waals surface area (Å²) in [7, 11) is 0. The lowest BCUT2D eigenvalue weighted by molar-refractivity contribution is 0.246. The summed E-state index contributed by atoms with van der Waals surface area (Å²) in [6.07, 6.45) is 5.43. The van der Waals surface area contributed by atoms with Crippen molar-refractivity contribution in [3.05, 3.63) is 87.9 Å². The van der Waals surface area contributed by atoms with Crippen molar-refractivity contribution in [3.8, 4) is 0 Å². The molecule has 3 heteroatoms. The van der Waals surface area contributed by atoms with E-state index in [0.29, 0.717) is 6.04 Å². The predicted octanol–water partition coefficient (Wildman–Crippen LogP) is 5.87. The molecule has 0 radical (unpaired) electrons. The third kappa shape index (κ3) is 3.71. The van der Waals surface area contributed by atoms with Gasteiger partial charge in [-0.05, 0) is 49.3 Å². The van der Waals surface area contributed by atoms with E-state index >= 15 is 0 Å². The highest BCUT2D eigenvalue weighted by molar-refractivity contribution is 7.09. The highest BCUT2D eigenvalue weighted by atomic mass is 32.1. The molecule has 1 saturated heterocycles. The van der Waals surface area contributed by atoms with Crippen LogP contribution in [0.25, 0.3) is 0 Å². The van der Waals surface area contributed by atoms with Crippen LogP contribution in [-0.2, 0) is 0 Å². The number of benzene rings is 2. The Labute approximate surface area is 165 Å². The molecular formula is C24H26N2S. The van der Waals surface area contributed by atoms with Crippen molar-refractivity contribution in [2.45, 2.75) is 37.6 Å². The first-order valence-corrected chi connectivity index (χ1v) is 11.1. The van der Waals surface area contributed by atoms with Crippen molar-refractivity contribution in [2.24, 2.45) is 5.92 Å². The van der Waals surface area contributed by atoms with Crippen LogP contribution in [0.4, 0.5) is 0 Å². The smallest absolute Gasteiger partial charge is 0.110 e. The molecule has 2 aromatic carbocycles. The quantitative estimate of drug-likeness (QED) is 0.536. The molecule has 0 spiro atoms. The maximum Gasteiger partial charge on any atom is 0.110 e. The van der Waals surface area contributed by atoms with Gasteiger partial charge in [-0.25, -0.2) is 4.98 Å². The summed E-state index contributed by atoms with van der Waals surface area (Å²) >= 11 is 1.86. The van der Waals surface area contributed by atoms with Gasteiger partial charge in [-0.2, -0.15) is 0 Å². The summed E-state index contributed by atoms with van der Waals surface area (Å²) in [5.74, 6) is 1.17. The zero-order valence-electron chi connectivity index (χ0n) is 15.6. The second-order valence-electron chi connectivity index (χ2n) is 7.96. The molecule has 1 unspecified atom stereocenters. The average Bonchev–Trinajstić information content (AvgIpc) is 3.20. The van der Waals surface area contributed by atoms with Gasteiger partial charge in [0.1, 0.15) is 5.01 Å². The first-order valence-electron chi connectivity index (χ1n) is 10.2. The summed E-state index contributed by atoms with van der Waals surface area (Å²) in [5.41, 5.74) is 3.84. The Morgan fingerprint density at radius 3 is 2.22 bits per heavy atom. The van der Waals surface area contributed by atoms with Crippen molar-refractivity contribution >= 4 is 11.3 Å². The molecule has 2 nitrogen and oxygen atoms in total. The fraction of sp³-hybridized carbons (Fsp3) is 0.375. The number of nitrogens with zero attached hydrogens (tertiary/aromatic N) is 2. The number of aromatic nitrogens is 1. The molecule has 0 N–H and O–H groups in total. The van der Waals surface area contributed by atoms with Crippen LogP contribution in [0.5, 0.6) is 0 Å². The van der Waals surface area contributed by atoms with Gasteiger partial charge >= 0.3 is 0 Å². The maximum atomic E-state index is 5.20. The Morgan fingerprint density at radius 1 is 0.926 bits per heavy atom. The van der Waals surface area contributed by atoms with Crippen molar-refractivity contribution < 1.29 is 0 Å². The van der Waals surface area contributed by atoms with Gasteiger partial charge in [0.2, 0.25) is 0 Å². The number of rotatable bonds is 6. The number of likely N-dealkylation sites (tertiary alicyclic amines) is 1. The molecule has 0 amide bonds. The van der Waals surface area contributed by atoms with Gasteiger partial charge in [0.05, 0.1) is 17.7 Å². The fourth-order valence-electron chi connectivity index (χ4n) is 4.37. The normalized spacial score (nSPS) is 20.4. The third-order valence-corrected chi connectivity index (χ3v) is 6.90. The van der Waals surface area contributed by atoms with Gasteiger partial charge in [0.15, 0.2) is 0 Å². The van der Waals surface area contributed by atoms with Gasteiger partial charge < -0.3 is 0 Å². The van der Waals surface area contributed by atoms with Crippen molar-refractivity contribution in [1.29, 1.82) is 0 Å². The Hall–Kier alpha value is -1.97. The first-order chi connectivity index (χ1) is 13.4. The van der Waals surface area contributed by atoms with Crippen LogP contribution < -0.4 is 0 Å². The minimum absolute atomic E-state index is 0.218. The van der Waals surface area contributed by atoms with E-state index in [0.717, 1.165) is 5.92 Å². The molecule has 2 aliphatic rings. The number of thiazole rings is 1. The van der Waals surface area contributed by atoms with E-state index in [9.17, 15) is 0 Å². The van der Waals surface area contributed by atoms with E-state index < -0.39 is 0 Å². The zero-order chi connectivity index (χ0) is 18.1. The summed E-state index contributed by atoms with van der Waals surface area (Å²) < 4.78 is 0. The standard InChI is InChI=1S/C24H26N2S/c1-3-8-19(9-4-1)23(20-10-5-2-6-11-20)21-17-27-24(25-21)22-12-7-15-26(22)16-18-13-14-18/h1-6,8-11,17-18,22-23H,7,12-16H2. The van der Waals surface area contributed by atoms with Crippen LogP contribution in [0.2, 0.25) is 0 Å². The van der Waals surface area contributed by atoms with Crippen molar-refractivity contribution in [1.82, 2.24) is 9.88 Å². The fourth-order valence-corrected chi connectivity index (χ4v) is 5.38. The Morgan fingerprint density at radius 2 is 1.59 bits per heavy atom. The molecule has 1 aromatic heterocycles. The zero-order valence-corrected chi connectivity index (χ0v) is 16.4. The molecular weight excluding hydrogens is 348 g/mol. The molecule has 3 aromatic rings. The lowest BCUT2D eigenvalue weighted by Gasteiger charge is -2.22. The second kappa shape index (κ2) is 7.57. The summed E-state index contributed by atoms with van der Waals surface area (Å²) in [6.45, 7) is 2.53. The minimum Gasteiger partial charge on any atom is -0.294 e. The van der Waals surface area contributed by atoms with Gasteiger partial charge in [-0.3, -0.25) is 4.90 Å².